The third-order valence-corrected chi connectivity index (χ3v) is 2.52. The van der Waals surface area contributed by atoms with E-state index in [1.807, 2.05) is 6.92 Å². The fourth-order valence-corrected chi connectivity index (χ4v) is 1.52. The van der Waals surface area contributed by atoms with Crippen LogP contribution in [0.25, 0.3) is 0 Å². The van der Waals surface area contributed by atoms with Gasteiger partial charge in [0.1, 0.15) is 11.9 Å². The number of nitrogens with one attached hydrogen (secondary N) is 2. The van der Waals surface area contributed by atoms with Crippen molar-refractivity contribution >= 4 is 5.91 Å². The summed E-state index contributed by atoms with van der Waals surface area (Å²) in [6, 6.07) is 1.51. The minimum Gasteiger partial charge on any atom is -0.354 e. The van der Waals surface area contributed by atoms with Gasteiger partial charge in [0.15, 0.2) is 0 Å². The molecule has 1 amide bonds. The molecule has 2 N–H and O–H groups in total. The van der Waals surface area contributed by atoms with Gasteiger partial charge in [-0.15, -0.1) is 0 Å². The Morgan fingerprint density at radius 3 is 3.12 bits per heavy atom. The van der Waals surface area contributed by atoms with E-state index in [2.05, 4.69) is 20.4 Å². The fraction of sp³-hybridized carbons (Fsp3) is 0.364. The van der Waals surface area contributed by atoms with Gasteiger partial charge in [-0.3, -0.25) is 9.48 Å². The van der Waals surface area contributed by atoms with Crippen molar-refractivity contribution in [3.05, 3.63) is 36.7 Å². The minimum absolute atomic E-state index is 0.0414. The maximum Gasteiger partial charge on any atom is 0.244 e. The molecular formula is C11H15N5O. The van der Waals surface area contributed by atoms with E-state index in [1.54, 1.807) is 35.5 Å². The fourth-order valence-electron chi connectivity index (χ4n) is 1.52. The zero-order chi connectivity index (χ0) is 12.1. The van der Waals surface area contributed by atoms with E-state index in [1.165, 1.54) is 0 Å². The van der Waals surface area contributed by atoms with Crippen molar-refractivity contribution in [1.82, 2.24) is 25.1 Å². The summed E-state index contributed by atoms with van der Waals surface area (Å²) in [6.07, 6.45) is 7.60. The van der Waals surface area contributed by atoms with E-state index in [0.717, 1.165) is 5.82 Å². The summed E-state index contributed by atoms with van der Waals surface area (Å²) in [5, 5.41) is 6.88. The Labute approximate surface area is 99.1 Å². The predicted molar refractivity (Wildman–Crippen MR) is 62.2 cm³/mol. The SMILES string of the molecule is C[C@H](C(=O)NCCc1ncc[nH]1)n1cccn1. The molecule has 2 rings (SSSR count). The van der Waals surface area contributed by atoms with Crippen molar-refractivity contribution in [3.63, 3.8) is 0 Å². The average molecular weight is 233 g/mol. The number of carbonyl (C=O) groups excluding carboxylic acids is 1. The molecule has 90 valence electrons. The quantitative estimate of drug-likeness (QED) is 0.790. The maximum atomic E-state index is 11.8. The Morgan fingerprint density at radius 2 is 2.47 bits per heavy atom. The highest BCUT2D eigenvalue weighted by Gasteiger charge is 2.13. The molecule has 0 fully saturated rings. The number of hydrogen-bond acceptors (Lipinski definition) is 3. The molecule has 0 bridgehead atoms. The number of aromatic amines is 1. The molecule has 0 spiro atoms. The molecule has 0 aliphatic carbocycles. The molecule has 0 unspecified atom stereocenters. The van der Waals surface area contributed by atoms with Crippen LogP contribution in [-0.4, -0.2) is 32.2 Å². The van der Waals surface area contributed by atoms with Crippen molar-refractivity contribution in [2.45, 2.75) is 19.4 Å². The summed E-state index contributed by atoms with van der Waals surface area (Å²) in [6.45, 7) is 2.38. The van der Waals surface area contributed by atoms with Gasteiger partial charge in [-0.05, 0) is 13.0 Å². The van der Waals surface area contributed by atoms with Crippen LogP contribution in [0, 0.1) is 0 Å². The lowest BCUT2D eigenvalue weighted by atomic mass is 10.3. The van der Waals surface area contributed by atoms with E-state index in [4.69, 9.17) is 0 Å². The third kappa shape index (κ3) is 2.93. The zero-order valence-electron chi connectivity index (χ0n) is 9.63. The second kappa shape index (κ2) is 5.29. The van der Waals surface area contributed by atoms with Crippen LogP contribution >= 0.6 is 0 Å². The molecule has 6 heteroatoms. The Hall–Kier alpha value is -2.11. The standard InChI is InChI=1S/C11H15N5O/c1-9(16-8-2-4-15-16)11(17)14-5-3-10-12-6-7-13-10/h2,4,6-9H,3,5H2,1H3,(H,12,13)(H,14,17)/t9-/m1/s1. The van der Waals surface area contributed by atoms with Gasteiger partial charge in [0, 0.05) is 37.8 Å². The van der Waals surface area contributed by atoms with E-state index >= 15 is 0 Å². The van der Waals surface area contributed by atoms with Gasteiger partial charge in [-0.25, -0.2) is 4.98 Å². The number of imidazole rings is 1. The lowest BCUT2D eigenvalue weighted by molar-refractivity contribution is -0.124. The molecular weight excluding hydrogens is 218 g/mol. The lowest BCUT2D eigenvalue weighted by Gasteiger charge is -2.12. The molecule has 0 saturated carbocycles. The van der Waals surface area contributed by atoms with Crippen LogP contribution in [0.4, 0.5) is 0 Å². The number of amides is 1. The average Bonchev–Trinajstić information content (AvgIpc) is 3.00. The number of carbonyl (C=O) groups is 1. The molecule has 2 heterocycles. The molecule has 0 saturated heterocycles. The molecule has 2 aromatic heterocycles. The van der Waals surface area contributed by atoms with Crippen LogP contribution in [0.2, 0.25) is 0 Å². The minimum atomic E-state index is -0.290. The van der Waals surface area contributed by atoms with Gasteiger partial charge >= 0.3 is 0 Å². The summed E-state index contributed by atoms with van der Waals surface area (Å²) < 4.78 is 1.63. The second-order valence-corrected chi connectivity index (χ2v) is 3.74. The first-order valence-electron chi connectivity index (χ1n) is 5.52. The number of rotatable bonds is 5. The van der Waals surface area contributed by atoms with Gasteiger partial charge in [-0.2, -0.15) is 5.10 Å². The smallest absolute Gasteiger partial charge is 0.244 e. The normalized spacial score (nSPS) is 12.3. The second-order valence-electron chi connectivity index (χ2n) is 3.74. The van der Waals surface area contributed by atoms with Gasteiger partial charge < -0.3 is 10.3 Å². The van der Waals surface area contributed by atoms with Gasteiger partial charge in [0.05, 0.1) is 0 Å². The van der Waals surface area contributed by atoms with Crippen LogP contribution in [0.5, 0.6) is 0 Å². The first kappa shape index (κ1) is 11.4. The largest absolute Gasteiger partial charge is 0.354 e. The predicted octanol–water partition coefficient (Wildman–Crippen LogP) is 0.526. The van der Waals surface area contributed by atoms with Gasteiger partial charge in [0.25, 0.3) is 0 Å². The van der Waals surface area contributed by atoms with E-state index in [0.29, 0.717) is 13.0 Å². The molecule has 0 aliphatic heterocycles. The van der Waals surface area contributed by atoms with Crippen LogP contribution in [0.3, 0.4) is 0 Å². The van der Waals surface area contributed by atoms with Crippen molar-refractivity contribution < 1.29 is 4.79 Å². The molecule has 6 nitrogen and oxygen atoms in total. The van der Waals surface area contributed by atoms with Crippen LogP contribution in [0.1, 0.15) is 18.8 Å². The molecule has 1 atom stereocenters. The van der Waals surface area contributed by atoms with Gasteiger partial charge in [-0.1, -0.05) is 0 Å². The lowest BCUT2D eigenvalue weighted by Crippen LogP contribution is -2.32. The summed E-state index contributed by atoms with van der Waals surface area (Å²) in [4.78, 5) is 18.8. The van der Waals surface area contributed by atoms with Crippen molar-refractivity contribution in [3.8, 4) is 0 Å². The Morgan fingerprint density at radius 1 is 1.59 bits per heavy atom. The first-order valence-corrected chi connectivity index (χ1v) is 5.52. The molecule has 0 aromatic carbocycles. The highest BCUT2D eigenvalue weighted by molar-refractivity contribution is 5.79. The Bertz CT molecular complexity index is 448. The Balaban J connectivity index is 1.77. The summed E-state index contributed by atoms with van der Waals surface area (Å²) >= 11 is 0. The third-order valence-electron chi connectivity index (χ3n) is 2.52. The topological polar surface area (TPSA) is 75.6 Å². The van der Waals surface area contributed by atoms with E-state index in [9.17, 15) is 4.79 Å². The number of aromatic nitrogens is 4. The van der Waals surface area contributed by atoms with Crippen molar-refractivity contribution in [1.29, 1.82) is 0 Å². The van der Waals surface area contributed by atoms with Crippen molar-refractivity contribution in [2.75, 3.05) is 6.54 Å². The van der Waals surface area contributed by atoms with Crippen LogP contribution in [-0.2, 0) is 11.2 Å². The molecule has 2 aromatic rings. The molecule has 17 heavy (non-hydrogen) atoms. The van der Waals surface area contributed by atoms with Crippen LogP contribution in [0.15, 0.2) is 30.9 Å². The monoisotopic (exact) mass is 233 g/mol. The van der Waals surface area contributed by atoms with E-state index < -0.39 is 0 Å². The Kier molecular flexibility index (Phi) is 3.54. The highest BCUT2D eigenvalue weighted by atomic mass is 16.2. The molecule has 0 aliphatic rings. The number of hydrogen-bond donors (Lipinski definition) is 2. The van der Waals surface area contributed by atoms with E-state index in [-0.39, 0.29) is 11.9 Å². The number of H-pyrrole nitrogens is 1. The highest BCUT2D eigenvalue weighted by Crippen LogP contribution is 2.02. The first-order chi connectivity index (χ1) is 8.27. The summed E-state index contributed by atoms with van der Waals surface area (Å²) in [7, 11) is 0. The summed E-state index contributed by atoms with van der Waals surface area (Å²) in [5.41, 5.74) is 0. The maximum absolute atomic E-state index is 11.8. The van der Waals surface area contributed by atoms with Crippen LogP contribution < -0.4 is 5.32 Å². The molecule has 0 radical (unpaired) electrons. The number of nitrogens with zero attached hydrogens (tertiary/aromatic N) is 3. The zero-order valence-corrected chi connectivity index (χ0v) is 9.63. The summed E-state index contributed by atoms with van der Waals surface area (Å²) in [5.74, 6) is 0.831. The van der Waals surface area contributed by atoms with Crippen molar-refractivity contribution in [2.24, 2.45) is 0 Å². The van der Waals surface area contributed by atoms with Gasteiger partial charge in [0.2, 0.25) is 5.91 Å².